The van der Waals surface area contributed by atoms with Crippen LogP contribution in [0.5, 0.6) is 23.1 Å². The van der Waals surface area contributed by atoms with Crippen molar-refractivity contribution in [2.45, 2.75) is 25.9 Å². The van der Waals surface area contributed by atoms with Gasteiger partial charge < -0.3 is 18.9 Å². The smallest absolute Gasteiger partial charge is 0.315 e. The summed E-state index contributed by atoms with van der Waals surface area (Å²) < 4.78 is 22.1. The van der Waals surface area contributed by atoms with Crippen LogP contribution in [0, 0.1) is 17.2 Å². The largest absolute Gasteiger partial charge is 0.454 e. The Hall–Kier alpha value is -4.05. The molecule has 2 atom stereocenters. The summed E-state index contributed by atoms with van der Waals surface area (Å²) >= 11 is 0. The third kappa shape index (κ3) is 4.65. The molecule has 1 aliphatic rings. The molecule has 1 aromatic heterocycles. The molecule has 3 aromatic rings. The van der Waals surface area contributed by atoms with E-state index >= 15 is 0 Å². The third-order valence-corrected chi connectivity index (χ3v) is 5.01. The van der Waals surface area contributed by atoms with Crippen LogP contribution in [0.25, 0.3) is 0 Å². The van der Waals surface area contributed by atoms with Crippen molar-refractivity contribution in [2.75, 3.05) is 6.79 Å². The lowest BCUT2D eigenvalue weighted by molar-refractivity contribution is -0.150. The van der Waals surface area contributed by atoms with E-state index in [2.05, 4.69) is 4.98 Å². The molecule has 0 radical (unpaired) electrons. The van der Waals surface area contributed by atoms with Gasteiger partial charge in [0.1, 0.15) is 11.8 Å². The summed E-state index contributed by atoms with van der Waals surface area (Å²) in [6, 6.07) is 21.6. The minimum absolute atomic E-state index is 0.0667. The first-order chi connectivity index (χ1) is 15.5. The fourth-order valence-corrected chi connectivity index (χ4v) is 3.48. The Kier molecular flexibility index (Phi) is 6.22. The molecule has 0 aliphatic carbocycles. The second kappa shape index (κ2) is 9.40. The van der Waals surface area contributed by atoms with Crippen LogP contribution in [0.15, 0.2) is 66.7 Å². The van der Waals surface area contributed by atoms with Gasteiger partial charge in [-0.1, -0.05) is 44.2 Å². The third-order valence-electron chi connectivity index (χ3n) is 5.01. The van der Waals surface area contributed by atoms with Gasteiger partial charge in [-0.15, -0.1) is 0 Å². The molecular formula is C25H22N2O5. The number of carbonyl (C=O) groups excluding carboxylic acids is 1. The van der Waals surface area contributed by atoms with Crippen LogP contribution in [-0.4, -0.2) is 17.7 Å². The summed E-state index contributed by atoms with van der Waals surface area (Å²) in [7, 11) is 0. The zero-order valence-electron chi connectivity index (χ0n) is 17.7. The fraction of sp³-hybridized carbons (Fsp3) is 0.240. The number of hydrogen-bond donors (Lipinski definition) is 0. The summed E-state index contributed by atoms with van der Waals surface area (Å²) in [6.45, 7) is 3.99. The molecule has 0 N–H and O–H groups in total. The standard InChI is InChI=1S/C25H22N2O5/c1-16(2)24(17-11-12-20-21(13-17)30-15-29-20)25(28)32-22(14-26)19-9-6-10-23(27-19)31-18-7-4-3-5-8-18/h3-13,16,22,24H,15H2,1-2H3. The number of fused-ring (bicyclic) bond motifs is 1. The van der Waals surface area contributed by atoms with Crippen LogP contribution in [0.4, 0.5) is 0 Å². The number of hydrogen-bond acceptors (Lipinski definition) is 7. The van der Waals surface area contributed by atoms with E-state index in [1.165, 1.54) is 0 Å². The lowest BCUT2D eigenvalue weighted by Gasteiger charge is -2.22. The Morgan fingerprint density at radius 1 is 1.03 bits per heavy atom. The van der Waals surface area contributed by atoms with Crippen LogP contribution in [-0.2, 0) is 9.53 Å². The van der Waals surface area contributed by atoms with E-state index in [0.717, 1.165) is 5.56 Å². The van der Waals surface area contributed by atoms with Crippen LogP contribution < -0.4 is 14.2 Å². The average molecular weight is 430 g/mol. The first-order valence-corrected chi connectivity index (χ1v) is 10.2. The minimum atomic E-state index is -1.17. The van der Waals surface area contributed by atoms with E-state index < -0.39 is 18.0 Å². The van der Waals surface area contributed by atoms with Crippen molar-refractivity contribution in [2.24, 2.45) is 5.92 Å². The van der Waals surface area contributed by atoms with Crippen molar-refractivity contribution in [1.82, 2.24) is 4.98 Å². The van der Waals surface area contributed by atoms with Crippen molar-refractivity contribution < 1.29 is 23.7 Å². The number of esters is 1. The Morgan fingerprint density at radius 3 is 2.56 bits per heavy atom. The Bertz CT molecular complexity index is 1140. The number of aromatic nitrogens is 1. The summed E-state index contributed by atoms with van der Waals surface area (Å²) in [5, 5.41) is 9.68. The molecule has 0 fully saturated rings. The topological polar surface area (TPSA) is 90.7 Å². The molecule has 7 nitrogen and oxygen atoms in total. The lowest BCUT2D eigenvalue weighted by Crippen LogP contribution is -2.23. The highest BCUT2D eigenvalue weighted by Crippen LogP contribution is 2.37. The van der Waals surface area contributed by atoms with Crippen LogP contribution in [0.2, 0.25) is 0 Å². The lowest BCUT2D eigenvalue weighted by atomic mass is 9.88. The average Bonchev–Trinajstić information content (AvgIpc) is 3.26. The summed E-state index contributed by atoms with van der Waals surface area (Å²) in [6.07, 6.45) is -1.17. The van der Waals surface area contributed by atoms with Crippen LogP contribution in [0.1, 0.15) is 37.1 Å². The maximum Gasteiger partial charge on any atom is 0.315 e. The number of nitrogens with zero attached hydrogens (tertiary/aromatic N) is 2. The molecule has 0 spiro atoms. The highest BCUT2D eigenvalue weighted by atomic mass is 16.7. The molecule has 7 heteroatoms. The molecule has 0 bridgehead atoms. The zero-order valence-corrected chi connectivity index (χ0v) is 17.7. The number of carbonyl (C=O) groups is 1. The zero-order chi connectivity index (χ0) is 22.5. The highest BCUT2D eigenvalue weighted by Gasteiger charge is 2.30. The molecule has 2 heterocycles. The maximum absolute atomic E-state index is 13.1. The number of rotatable bonds is 7. The molecule has 0 amide bonds. The molecule has 4 rings (SSSR count). The number of para-hydroxylation sites is 1. The first kappa shape index (κ1) is 21.2. The second-order valence-corrected chi connectivity index (χ2v) is 7.60. The summed E-state index contributed by atoms with van der Waals surface area (Å²) in [4.78, 5) is 17.5. The van der Waals surface area contributed by atoms with E-state index in [-0.39, 0.29) is 12.7 Å². The normalized spacial score (nSPS) is 13.8. The number of benzene rings is 2. The van der Waals surface area contributed by atoms with Gasteiger partial charge in [-0.2, -0.15) is 5.26 Å². The van der Waals surface area contributed by atoms with Gasteiger partial charge in [0.2, 0.25) is 18.8 Å². The van der Waals surface area contributed by atoms with Gasteiger partial charge in [-0.05, 0) is 41.8 Å². The second-order valence-electron chi connectivity index (χ2n) is 7.60. The van der Waals surface area contributed by atoms with Crippen molar-refractivity contribution in [3.8, 4) is 29.2 Å². The van der Waals surface area contributed by atoms with E-state index in [1.807, 2.05) is 44.2 Å². The predicted molar refractivity (Wildman–Crippen MR) is 115 cm³/mol. The molecule has 1 aliphatic heterocycles. The summed E-state index contributed by atoms with van der Waals surface area (Å²) in [5.41, 5.74) is 1.03. The Morgan fingerprint density at radius 2 is 1.81 bits per heavy atom. The predicted octanol–water partition coefficient (Wildman–Crippen LogP) is 5.15. The van der Waals surface area contributed by atoms with Gasteiger partial charge in [0.25, 0.3) is 0 Å². The number of nitriles is 1. The van der Waals surface area contributed by atoms with Gasteiger partial charge in [0, 0.05) is 6.07 Å². The Balaban J connectivity index is 1.53. The van der Waals surface area contributed by atoms with Crippen molar-refractivity contribution >= 4 is 5.97 Å². The molecule has 2 aromatic carbocycles. The Labute approximate surface area is 186 Å². The SMILES string of the molecule is CC(C)C(C(=O)OC(C#N)c1cccc(Oc2ccccc2)n1)c1ccc2c(c1)OCO2. The van der Waals surface area contributed by atoms with Gasteiger partial charge in [-0.3, -0.25) is 4.79 Å². The van der Waals surface area contributed by atoms with Crippen molar-refractivity contribution in [3.05, 3.63) is 78.0 Å². The minimum Gasteiger partial charge on any atom is -0.454 e. The molecule has 0 saturated heterocycles. The quantitative estimate of drug-likeness (QED) is 0.479. The molecule has 162 valence electrons. The van der Waals surface area contributed by atoms with E-state index in [0.29, 0.717) is 28.8 Å². The molecule has 2 unspecified atom stereocenters. The maximum atomic E-state index is 13.1. The first-order valence-electron chi connectivity index (χ1n) is 10.2. The molecule has 32 heavy (non-hydrogen) atoms. The van der Waals surface area contributed by atoms with Crippen LogP contribution >= 0.6 is 0 Å². The van der Waals surface area contributed by atoms with Crippen molar-refractivity contribution in [3.63, 3.8) is 0 Å². The molecule has 0 saturated carbocycles. The van der Waals surface area contributed by atoms with E-state index in [4.69, 9.17) is 18.9 Å². The van der Waals surface area contributed by atoms with Gasteiger partial charge in [-0.25, -0.2) is 4.98 Å². The van der Waals surface area contributed by atoms with Gasteiger partial charge in [0.15, 0.2) is 11.5 Å². The van der Waals surface area contributed by atoms with E-state index in [9.17, 15) is 10.1 Å². The molecular weight excluding hydrogens is 408 g/mol. The van der Waals surface area contributed by atoms with Gasteiger partial charge >= 0.3 is 5.97 Å². The monoisotopic (exact) mass is 430 g/mol. The number of ether oxygens (including phenoxy) is 4. The fourth-order valence-electron chi connectivity index (χ4n) is 3.48. The van der Waals surface area contributed by atoms with Gasteiger partial charge in [0.05, 0.1) is 11.6 Å². The number of pyridine rings is 1. The van der Waals surface area contributed by atoms with Crippen LogP contribution in [0.3, 0.4) is 0 Å². The van der Waals surface area contributed by atoms with Crippen molar-refractivity contribution in [1.29, 1.82) is 5.26 Å². The highest BCUT2D eigenvalue weighted by molar-refractivity contribution is 5.79. The van der Waals surface area contributed by atoms with E-state index in [1.54, 1.807) is 42.5 Å². The summed E-state index contributed by atoms with van der Waals surface area (Å²) in [5.74, 6) is 0.990.